The molecular weight excluding hydrogens is 260 g/mol. The van der Waals surface area contributed by atoms with Crippen LogP contribution in [-0.4, -0.2) is 47.4 Å². The Labute approximate surface area is 96.7 Å². The quantitative estimate of drug-likeness (QED) is 0.795. The highest BCUT2D eigenvalue weighted by Gasteiger charge is 2.20. The molecule has 1 aliphatic heterocycles. The zero-order valence-corrected chi connectivity index (χ0v) is 9.81. The maximum Gasteiger partial charge on any atom is 0.225 e. The average molecular weight is 273 g/mol. The summed E-state index contributed by atoms with van der Waals surface area (Å²) in [6.07, 6.45) is 3.47. The van der Waals surface area contributed by atoms with E-state index in [-0.39, 0.29) is 12.6 Å². The highest BCUT2D eigenvalue weighted by molar-refractivity contribution is 9.10. The number of aliphatic hydroxyl groups excluding tert-OH is 1. The fourth-order valence-electron chi connectivity index (χ4n) is 1.60. The Bertz CT molecular complexity index is 318. The molecule has 1 aromatic rings. The van der Waals surface area contributed by atoms with Crippen molar-refractivity contribution in [2.75, 3.05) is 31.1 Å². The van der Waals surface area contributed by atoms with Gasteiger partial charge < -0.3 is 15.3 Å². The summed E-state index contributed by atoms with van der Waals surface area (Å²) in [5.41, 5.74) is 0. The summed E-state index contributed by atoms with van der Waals surface area (Å²) in [4.78, 5) is 10.5. The number of nitrogens with zero attached hydrogens (tertiary/aromatic N) is 3. The van der Waals surface area contributed by atoms with E-state index < -0.39 is 0 Å². The fourth-order valence-corrected chi connectivity index (χ4v) is 1.80. The number of aromatic nitrogens is 2. The zero-order valence-electron chi connectivity index (χ0n) is 8.23. The molecule has 0 spiro atoms. The third-order valence-electron chi connectivity index (χ3n) is 2.37. The van der Waals surface area contributed by atoms with Crippen LogP contribution in [-0.2, 0) is 0 Å². The minimum Gasteiger partial charge on any atom is -0.395 e. The summed E-state index contributed by atoms with van der Waals surface area (Å²) in [6, 6.07) is 0.117. The Kier molecular flexibility index (Phi) is 3.50. The second-order valence-corrected chi connectivity index (χ2v) is 4.40. The van der Waals surface area contributed by atoms with Gasteiger partial charge >= 0.3 is 0 Å². The number of piperazine rings is 1. The van der Waals surface area contributed by atoms with E-state index in [2.05, 4.69) is 36.1 Å². The van der Waals surface area contributed by atoms with Crippen LogP contribution in [0.2, 0.25) is 0 Å². The Balaban J connectivity index is 2.06. The van der Waals surface area contributed by atoms with Gasteiger partial charge in [-0.05, 0) is 15.9 Å². The van der Waals surface area contributed by atoms with Gasteiger partial charge in [-0.3, -0.25) is 0 Å². The third-order valence-corrected chi connectivity index (χ3v) is 2.77. The maximum atomic E-state index is 9.06. The molecule has 1 atom stereocenters. The van der Waals surface area contributed by atoms with Crippen LogP contribution < -0.4 is 10.2 Å². The van der Waals surface area contributed by atoms with Crippen molar-refractivity contribution >= 4 is 21.9 Å². The molecule has 1 aromatic heterocycles. The lowest BCUT2D eigenvalue weighted by Gasteiger charge is -2.32. The van der Waals surface area contributed by atoms with Gasteiger partial charge in [0.15, 0.2) is 0 Å². The van der Waals surface area contributed by atoms with Gasteiger partial charge in [0.05, 0.1) is 11.1 Å². The summed E-state index contributed by atoms with van der Waals surface area (Å²) < 4.78 is 0.875. The minimum absolute atomic E-state index is 0.117. The van der Waals surface area contributed by atoms with Crippen molar-refractivity contribution in [3.63, 3.8) is 0 Å². The van der Waals surface area contributed by atoms with Gasteiger partial charge in [0.2, 0.25) is 5.95 Å². The van der Waals surface area contributed by atoms with Crippen molar-refractivity contribution in [2.45, 2.75) is 6.04 Å². The molecule has 0 bridgehead atoms. The van der Waals surface area contributed by atoms with Gasteiger partial charge in [0.25, 0.3) is 0 Å². The van der Waals surface area contributed by atoms with E-state index in [1.54, 1.807) is 12.4 Å². The Morgan fingerprint density at radius 2 is 2.27 bits per heavy atom. The van der Waals surface area contributed by atoms with Gasteiger partial charge in [0, 0.05) is 38.1 Å². The van der Waals surface area contributed by atoms with Crippen LogP contribution >= 0.6 is 15.9 Å². The molecule has 15 heavy (non-hydrogen) atoms. The van der Waals surface area contributed by atoms with E-state index in [9.17, 15) is 0 Å². The van der Waals surface area contributed by atoms with Crippen LogP contribution in [0.5, 0.6) is 0 Å². The number of halogens is 1. The fraction of sp³-hybridized carbons (Fsp3) is 0.556. The van der Waals surface area contributed by atoms with E-state index in [0.29, 0.717) is 0 Å². The van der Waals surface area contributed by atoms with Crippen molar-refractivity contribution in [1.82, 2.24) is 15.3 Å². The second-order valence-electron chi connectivity index (χ2n) is 3.48. The summed E-state index contributed by atoms with van der Waals surface area (Å²) in [5, 5.41) is 12.3. The first-order valence-corrected chi connectivity index (χ1v) is 5.65. The minimum atomic E-state index is 0.117. The lowest BCUT2D eigenvalue weighted by Crippen LogP contribution is -2.52. The molecular formula is C9H13BrN4O. The zero-order chi connectivity index (χ0) is 10.7. The van der Waals surface area contributed by atoms with Gasteiger partial charge in [0.1, 0.15) is 0 Å². The van der Waals surface area contributed by atoms with Crippen molar-refractivity contribution < 1.29 is 5.11 Å². The van der Waals surface area contributed by atoms with Crippen LogP contribution in [0.3, 0.4) is 0 Å². The molecule has 6 heteroatoms. The van der Waals surface area contributed by atoms with Gasteiger partial charge in [-0.25, -0.2) is 9.97 Å². The van der Waals surface area contributed by atoms with Crippen LogP contribution in [0.4, 0.5) is 5.95 Å². The molecule has 0 saturated carbocycles. The first-order valence-electron chi connectivity index (χ1n) is 4.86. The summed E-state index contributed by atoms with van der Waals surface area (Å²) in [5.74, 6) is 0.721. The summed E-state index contributed by atoms with van der Waals surface area (Å²) in [6.45, 7) is 2.62. The Morgan fingerprint density at radius 3 is 2.93 bits per heavy atom. The van der Waals surface area contributed by atoms with E-state index in [4.69, 9.17) is 5.11 Å². The van der Waals surface area contributed by atoms with Crippen molar-refractivity contribution in [2.24, 2.45) is 0 Å². The summed E-state index contributed by atoms with van der Waals surface area (Å²) in [7, 11) is 0. The topological polar surface area (TPSA) is 61.3 Å². The standard InChI is InChI=1S/C9H13BrN4O/c10-7-3-12-9(13-4-7)14-2-1-11-8(5-14)6-15/h3-4,8,11,15H,1-2,5-6H2/t8-/m1/s1. The van der Waals surface area contributed by atoms with Crippen molar-refractivity contribution in [1.29, 1.82) is 0 Å². The van der Waals surface area contributed by atoms with Crippen LogP contribution in [0.1, 0.15) is 0 Å². The molecule has 1 aliphatic rings. The highest BCUT2D eigenvalue weighted by atomic mass is 79.9. The van der Waals surface area contributed by atoms with Crippen LogP contribution in [0.15, 0.2) is 16.9 Å². The first-order chi connectivity index (χ1) is 7.29. The molecule has 0 aromatic carbocycles. The average Bonchev–Trinajstić information content (AvgIpc) is 2.30. The van der Waals surface area contributed by atoms with Crippen molar-refractivity contribution in [3.8, 4) is 0 Å². The predicted octanol–water partition coefficient (Wildman–Crippen LogP) is 0.00960. The largest absolute Gasteiger partial charge is 0.395 e. The SMILES string of the molecule is OC[C@H]1CN(c2ncc(Br)cn2)CCN1. The molecule has 0 aliphatic carbocycles. The summed E-state index contributed by atoms with van der Waals surface area (Å²) >= 11 is 3.30. The molecule has 5 nitrogen and oxygen atoms in total. The molecule has 0 radical (unpaired) electrons. The number of hydrogen-bond acceptors (Lipinski definition) is 5. The smallest absolute Gasteiger partial charge is 0.225 e. The molecule has 1 fully saturated rings. The molecule has 0 amide bonds. The third kappa shape index (κ3) is 2.64. The molecule has 82 valence electrons. The van der Waals surface area contributed by atoms with Crippen molar-refractivity contribution in [3.05, 3.63) is 16.9 Å². The van der Waals surface area contributed by atoms with E-state index in [0.717, 1.165) is 30.1 Å². The number of hydrogen-bond donors (Lipinski definition) is 2. The van der Waals surface area contributed by atoms with Crippen LogP contribution in [0, 0.1) is 0 Å². The Morgan fingerprint density at radius 1 is 1.53 bits per heavy atom. The normalized spacial score (nSPS) is 21.7. The number of nitrogens with one attached hydrogen (secondary N) is 1. The van der Waals surface area contributed by atoms with Gasteiger partial charge in [-0.1, -0.05) is 0 Å². The lowest BCUT2D eigenvalue weighted by atomic mass is 10.2. The molecule has 1 saturated heterocycles. The Hall–Kier alpha value is -0.720. The van der Waals surface area contributed by atoms with E-state index in [1.807, 2.05) is 0 Å². The number of anilines is 1. The van der Waals surface area contributed by atoms with Crippen LogP contribution in [0.25, 0.3) is 0 Å². The van der Waals surface area contributed by atoms with Gasteiger partial charge in [-0.15, -0.1) is 0 Å². The first kappa shape index (κ1) is 10.8. The van der Waals surface area contributed by atoms with E-state index in [1.165, 1.54) is 0 Å². The molecule has 0 unspecified atom stereocenters. The van der Waals surface area contributed by atoms with E-state index >= 15 is 0 Å². The monoisotopic (exact) mass is 272 g/mol. The highest BCUT2D eigenvalue weighted by Crippen LogP contribution is 2.12. The molecule has 2 N–H and O–H groups in total. The van der Waals surface area contributed by atoms with Gasteiger partial charge in [-0.2, -0.15) is 0 Å². The second kappa shape index (κ2) is 4.87. The number of rotatable bonds is 2. The predicted molar refractivity (Wildman–Crippen MR) is 60.8 cm³/mol. The molecule has 2 heterocycles. The molecule has 2 rings (SSSR count). The lowest BCUT2D eigenvalue weighted by molar-refractivity contribution is 0.235. The maximum absolute atomic E-state index is 9.06. The number of aliphatic hydroxyl groups is 1.